The fourth-order valence-electron chi connectivity index (χ4n) is 1.77. The molecule has 128 valence electrons. The van der Waals surface area contributed by atoms with Crippen LogP contribution in [0.5, 0.6) is 0 Å². The molecule has 1 rings (SSSR count). The van der Waals surface area contributed by atoms with E-state index in [1.165, 1.54) is 40.4 Å². The number of halogens is 4. The normalized spacial score (nSPS) is 15.1. The number of hydrogen-bond acceptors (Lipinski definition) is 4. The third kappa shape index (κ3) is 7.38. The molecule has 10 heteroatoms. The van der Waals surface area contributed by atoms with Gasteiger partial charge in [0.25, 0.3) is 0 Å². The molecule has 1 aromatic heterocycles. The lowest BCUT2D eigenvalue weighted by Crippen LogP contribution is -2.29. The van der Waals surface area contributed by atoms with Gasteiger partial charge in [-0.05, 0) is 19.1 Å². The fourth-order valence-corrected chi connectivity index (χ4v) is 2.82. The molecular formula is C13H14F3IN2O3S. The van der Waals surface area contributed by atoms with E-state index >= 15 is 0 Å². The van der Waals surface area contributed by atoms with Crippen molar-refractivity contribution in [1.29, 1.82) is 0 Å². The Morgan fingerprint density at radius 3 is 2.61 bits per heavy atom. The Labute approximate surface area is 145 Å². The maximum Gasteiger partial charge on any atom is 0.392 e. The molecule has 23 heavy (non-hydrogen) atoms. The number of hydrogen-bond donors (Lipinski definition) is 0. The zero-order valence-corrected chi connectivity index (χ0v) is 15.0. The molecule has 0 aliphatic carbocycles. The lowest BCUT2D eigenvalue weighted by molar-refractivity contribution is -0.182. The molecule has 0 aromatic carbocycles. The Hall–Kier alpha value is -1.04. The van der Waals surface area contributed by atoms with E-state index in [0.29, 0.717) is 0 Å². The van der Waals surface area contributed by atoms with Crippen molar-refractivity contribution in [3.63, 3.8) is 0 Å². The van der Waals surface area contributed by atoms with Crippen molar-refractivity contribution in [3.05, 3.63) is 30.1 Å². The van der Waals surface area contributed by atoms with Gasteiger partial charge in [-0.1, -0.05) is 6.07 Å². The van der Waals surface area contributed by atoms with Crippen LogP contribution in [0, 0.1) is 5.92 Å². The van der Waals surface area contributed by atoms with Crippen LogP contribution in [-0.2, 0) is 17.7 Å². The number of ether oxygens (including phenoxy) is 1. The highest BCUT2D eigenvalue weighted by Crippen LogP contribution is 2.33. The summed E-state index contributed by atoms with van der Waals surface area (Å²) >= 11 is 1.47. The van der Waals surface area contributed by atoms with Crippen LogP contribution >= 0.6 is 21.2 Å². The number of carbonyl (C=O) groups excluding carboxylic acids is 1. The van der Waals surface area contributed by atoms with Gasteiger partial charge in [-0.2, -0.15) is 17.6 Å². The number of alkyl halides is 3. The first kappa shape index (κ1) is 20.0. The lowest BCUT2D eigenvalue weighted by Gasteiger charge is -2.20. The highest BCUT2D eigenvalue weighted by molar-refractivity contribution is 14.2. The molecule has 1 aromatic rings. The summed E-state index contributed by atoms with van der Waals surface area (Å²) in [7, 11) is -1.72. The van der Waals surface area contributed by atoms with Gasteiger partial charge in [0.15, 0.2) is 0 Å². The number of esters is 1. The van der Waals surface area contributed by atoms with Crippen molar-refractivity contribution in [2.24, 2.45) is 10.3 Å². The standard InChI is InChI=1S/C13H14F3IN2O3S/c1-2-22-12(20)8-9(13(14,15)16)7-11(19-23(17)21)10-5-3-4-6-18-10/h3-6,9H,2,7-8H2,1H3/t9-,23+/m0/s1. The second-order valence-corrected chi connectivity index (χ2v) is 7.27. The molecule has 5 nitrogen and oxygen atoms in total. The molecule has 0 radical (unpaired) electrons. The predicted octanol–water partition coefficient (Wildman–Crippen LogP) is 3.41. The van der Waals surface area contributed by atoms with Crippen molar-refractivity contribution in [3.8, 4) is 0 Å². The third-order valence-electron chi connectivity index (χ3n) is 2.76. The molecule has 0 spiro atoms. The summed E-state index contributed by atoms with van der Waals surface area (Å²) in [4.78, 5) is 15.3. The minimum Gasteiger partial charge on any atom is -0.466 e. The van der Waals surface area contributed by atoms with Crippen molar-refractivity contribution in [1.82, 2.24) is 4.98 Å². The van der Waals surface area contributed by atoms with Crippen molar-refractivity contribution in [2.45, 2.75) is 25.9 Å². The van der Waals surface area contributed by atoms with Crippen molar-refractivity contribution in [2.75, 3.05) is 6.61 Å². The van der Waals surface area contributed by atoms with Gasteiger partial charge in [0.2, 0.25) is 8.16 Å². The summed E-state index contributed by atoms with van der Waals surface area (Å²) in [5.74, 6) is -2.92. The van der Waals surface area contributed by atoms with Crippen LogP contribution in [-0.4, -0.2) is 33.7 Å². The Bertz CT molecular complexity index is 582. The molecule has 0 amide bonds. The van der Waals surface area contributed by atoms with E-state index in [0.717, 1.165) is 0 Å². The van der Waals surface area contributed by atoms with Crippen molar-refractivity contribution < 1.29 is 26.9 Å². The highest BCUT2D eigenvalue weighted by Gasteiger charge is 2.42. The first-order valence-electron chi connectivity index (χ1n) is 6.53. The molecule has 0 aliphatic rings. The Morgan fingerprint density at radius 1 is 1.43 bits per heavy atom. The van der Waals surface area contributed by atoms with Gasteiger partial charge in [-0.25, -0.2) is 4.21 Å². The average Bonchev–Trinajstić information content (AvgIpc) is 2.45. The molecule has 0 unspecified atom stereocenters. The number of nitrogens with zero attached hydrogens (tertiary/aromatic N) is 2. The number of pyridine rings is 1. The Morgan fingerprint density at radius 2 is 2.13 bits per heavy atom. The second kappa shape index (κ2) is 9.30. The van der Waals surface area contributed by atoms with Crippen LogP contribution in [0.2, 0.25) is 0 Å². The minimum absolute atomic E-state index is 0.00235. The zero-order valence-electron chi connectivity index (χ0n) is 12.0. The van der Waals surface area contributed by atoms with Gasteiger partial charge >= 0.3 is 12.1 Å². The van der Waals surface area contributed by atoms with Crippen LogP contribution in [0.15, 0.2) is 28.8 Å². The molecule has 0 bridgehead atoms. The molecule has 2 atom stereocenters. The SMILES string of the molecule is CCOC(=O)C[C@H](CC(=N[S@](=O)I)c1ccccn1)C(F)(F)F. The van der Waals surface area contributed by atoms with Crippen LogP contribution in [0.25, 0.3) is 0 Å². The quantitative estimate of drug-likeness (QED) is 0.270. The third-order valence-corrected chi connectivity index (χ3v) is 3.72. The average molecular weight is 462 g/mol. The molecular weight excluding hydrogens is 448 g/mol. The monoisotopic (exact) mass is 462 g/mol. The van der Waals surface area contributed by atoms with E-state index in [9.17, 15) is 22.2 Å². The number of aromatic nitrogens is 1. The predicted molar refractivity (Wildman–Crippen MR) is 88.3 cm³/mol. The summed E-state index contributed by atoms with van der Waals surface area (Å²) in [5.41, 5.74) is 0.126. The summed E-state index contributed by atoms with van der Waals surface area (Å²) in [6, 6.07) is 4.66. The highest BCUT2D eigenvalue weighted by atomic mass is 127. The molecule has 1 heterocycles. The largest absolute Gasteiger partial charge is 0.466 e. The van der Waals surface area contributed by atoms with Crippen LogP contribution in [0.4, 0.5) is 13.2 Å². The molecule has 0 saturated carbocycles. The van der Waals surface area contributed by atoms with E-state index in [4.69, 9.17) is 0 Å². The molecule has 0 N–H and O–H groups in total. The topological polar surface area (TPSA) is 68.6 Å². The summed E-state index contributed by atoms with van der Waals surface area (Å²) in [5, 5.41) is 0. The fraction of sp³-hybridized carbons (Fsp3) is 0.462. The van der Waals surface area contributed by atoms with Gasteiger partial charge in [-0.15, -0.1) is 0 Å². The van der Waals surface area contributed by atoms with Crippen molar-refractivity contribution >= 4 is 41.0 Å². The van der Waals surface area contributed by atoms with Gasteiger partial charge < -0.3 is 4.74 Å². The van der Waals surface area contributed by atoms with Gasteiger partial charge in [-0.3, -0.25) is 9.78 Å². The van der Waals surface area contributed by atoms with Gasteiger partial charge in [0.1, 0.15) is 0 Å². The van der Waals surface area contributed by atoms with Crippen LogP contribution in [0.1, 0.15) is 25.5 Å². The number of rotatable bonds is 7. The Kier molecular flexibility index (Phi) is 8.09. The smallest absolute Gasteiger partial charge is 0.392 e. The first-order valence-corrected chi connectivity index (χ1v) is 10.2. The van der Waals surface area contributed by atoms with Gasteiger partial charge in [0, 0.05) is 12.6 Å². The van der Waals surface area contributed by atoms with E-state index in [1.54, 1.807) is 12.1 Å². The molecule has 0 aliphatic heterocycles. The summed E-state index contributed by atoms with van der Waals surface area (Å²) in [6.45, 7) is 1.52. The second-order valence-electron chi connectivity index (χ2n) is 4.41. The van der Waals surface area contributed by atoms with E-state index < -0.39 is 39.1 Å². The van der Waals surface area contributed by atoms with E-state index in [-0.39, 0.29) is 18.0 Å². The zero-order chi connectivity index (χ0) is 17.5. The number of carbonyl (C=O) groups is 1. The van der Waals surface area contributed by atoms with E-state index in [1.807, 2.05) is 0 Å². The maximum absolute atomic E-state index is 13.2. The summed E-state index contributed by atoms with van der Waals surface area (Å²) < 4.78 is 59.1. The lowest BCUT2D eigenvalue weighted by atomic mass is 9.96. The van der Waals surface area contributed by atoms with E-state index in [2.05, 4.69) is 14.1 Å². The molecule has 0 fully saturated rings. The minimum atomic E-state index is -4.62. The van der Waals surface area contributed by atoms with Gasteiger partial charge in [0.05, 0.1) is 51.6 Å². The summed E-state index contributed by atoms with van der Waals surface area (Å²) in [6.07, 6.45) is -4.64. The maximum atomic E-state index is 13.2. The first-order chi connectivity index (χ1) is 10.7. The van der Waals surface area contributed by atoms with Crippen LogP contribution < -0.4 is 0 Å². The molecule has 0 saturated heterocycles. The Balaban J connectivity index is 3.05. The van der Waals surface area contributed by atoms with Crippen LogP contribution in [0.3, 0.4) is 0 Å².